The average Bonchev–Trinajstić information content (AvgIpc) is 2.83. The standard InChI is InChI=1S/C27H30N4O5S2/c1-4-37-25(32)30-24(28)20-9-7-8-18(16-20)17-27(2,3)31(26(33)34)21-14-12-19(13-15-21)22-10-5-6-11-23(22)38(29,35)36/h5-16H,4,17H2,1-3H3,(H,33,34)(H2,28,30,32)(H2,29,35,36). The van der Waals surface area contributed by atoms with Gasteiger partial charge in [-0.05, 0) is 61.4 Å². The van der Waals surface area contributed by atoms with Crippen LogP contribution in [-0.2, 0) is 16.4 Å². The molecule has 0 unspecified atom stereocenters. The van der Waals surface area contributed by atoms with Crippen molar-refractivity contribution in [3.8, 4) is 11.1 Å². The number of carbonyl (C=O) groups is 2. The number of nitrogens with one attached hydrogen (secondary N) is 2. The molecule has 0 saturated carbocycles. The third-order valence-electron chi connectivity index (χ3n) is 5.78. The second-order valence-corrected chi connectivity index (χ2v) is 11.9. The van der Waals surface area contributed by atoms with Gasteiger partial charge in [-0.2, -0.15) is 0 Å². The number of primary sulfonamides is 1. The predicted octanol–water partition coefficient (Wildman–Crippen LogP) is 5.29. The molecule has 0 fully saturated rings. The maximum absolute atomic E-state index is 12.4. The minimum atomic E-state index is -3.94. The number of amides is 2. The second kappa shape index (κ2) is 11.8. The second-order valence-electron chi connectivity index (χ2n) is 9.12. The summed E-state index contributed by atoms with van der Waals surface area (Å²) in [7, 11) is -3.94. The van der Waals surface area contributed by atoms with Crippen LogP contribution >= 0.6 is 11.8 Å². The van der Waals surface area contributed by atoms with Gasteiger partial charge in [-0.15, -0.1) is 0 Å². The Morgan fingerprint density at radius 2 is 1.71 bits per heavy atom. The number of carbonyl (C=O) groups excluding carboxylic acids is 1. The third kappa shape index (κ3) is 7.00. The number of hydrogen-bond donors (Lipinski definition) is 4. The van der Waals surface area contributed by atoms with Gasteiger partial charge in [-0.3, -0.25) is 15.1 Å². The monoisotopic (exact) mass is 554 g/mol. The number of thioether (sulfide) groups is 1. The highest BCUT2D eigenvalue weighted by Crippen LogP contribution is 2.32. The van der Waals surface area contributed by atoms with Crippen molar-refractivity contribution >= 4 is 44.6 Å². The van der Waals surface area contributed by atoms with Crippen molar-refractivity contribution in [2.75, 3.05) is 10.7 Å². The molecule has 0 aromatic heterocycles. The Bertz CT molecular complexity index is 1450. The third-order valence-corrected chi connectivity index (χ3v) is 7.40. The summed E-state index contributed by atoms with van der Waals surface area (Å²) in [5.74, 6) is 0.568. The van der Waals surface area contributed by atoms with Crippen LogP contribution in [0.2, 0.25) is 0 Å². The molecule has 38 heavy (non-hydrogen) atoms. The van der Waals surface area contributed by atoms with Crippen LogP contribution in [0.15, 0.2) is 77.7 Å². The fourth-order valence-electron chi connectivity index (χ4n) is 4.22. The first-order valence-corrected chi connectivity index (χ1v) is 14.2. The number of nitrogens with zero attached hydrogens (tertiary/aromatic N) is 1. The van der Waals surface area contributed by atoms with E-state index in [1.807, 2.05) is 13.0 Å². The molecule has 3 rings (SSSR count). The van der Waals surface area contributed by atoms with Crippen LogP contribution in [0, 0.1) is 5.41 Å². The van der Waals surface area contributed by atoms with Gasteiger partial charge in [0.05, 0.1) is 4.90 Å². The first-order chi connectivity index (χ1) is 17.8. The summed E-state index contributed by atoms with van der Waals surface area (Å²) < 4.78 is 24.0. The molecule has 2 amide bonds. The number of amidine groups is 1. The molecular formula is C27H30N4O5S2. The molecule has 3 aromatic rings. The lowest BCUT2D eigenvalue weighted by atomic mass is 9.91. The van der Waals surface area contributed by atoms with E-state index >= 15 is 0 Å². The molecule has 0 aliphatic rings. The van der Waals surface area contributed by atoms with Gasteiger partial charge in [0, 0.05) is 22.4 Å². The van der Waals surface area contributed by atoms with E-state index in [1.54, 1.807) is 74.5 Å². The van der Waals surface area contributed by atoms with E-state index in [2.05, 4.69) is 5.32 Å². The summed E-state index contributed by atoms with van der Waals surface area (Å²) in [5, 5.41) is 25.9. The molecule has 0 spiro atoms. The highest BCUT2D eigenvalue weighted by Gasteiger charge is 2.33. The summed E-state index contributed by atoms with van der Waals surface area (Å²) in [6.45, 7) is 5.44. The highest BCUT2D eigenvalue weighted by atomic mass is 32.2. The Morgan fingerprint density at radius 3 is 2.32 bits per heavy atom. The van der Waals surface area contributed by atoms with Crippen molar-refractivity contribution in [3.05, 3.63) is 83.9 Å². The summed E-state index contributed by atoms with van der Waals surface area (Å²) in [6.07, 6.45) is -0.825. The minimum Gasteiger partial charge on any atom is -0.465 e. The zero-order chi connectivity index (χ0) is 28.1. The lowest BCUT2D eigenvalue weighted by molar-refractivity contribution is 0.194. The van der Waals surface area contributed by atoms with E-state index in [1.165, 1.54) is 11.0 Å². The van der Waals surface area contributed by atoms with Crippen molar-refractivity contribution < 1.29 is 23.1 Å². The first kappa shape index (κ1) is 28.9. The molecule has 0 aliphatic carbocycles. The number of carboxylic acid groups (broad SMARTS) is 1. The number of benzene rings is 3. The first-order valence-electron chi connectivity index (χ1n) is 11.7. The zero-order valence-electron chi connectivity index (χ0n) is 21.3. The van der Waals surface area contributed by atoms with E-state index in [9.17, 15) is 23.1 Å². The van der Waals surface area contributed by atoms with Crippen molar-refractivity contribution in [2.24, 2.45) is 5.14 Å². The van der Waals surface area contributed by atoms with E-state index < -0.39 is 21.7 Å². The molecule has 11 heteroatoms. The van der Waals surface area contributed by atoms with E-state index in [0.29, 0.717) is 34.6 Å². The van der Waals surface area contributed by atoms with E-state index in [0.717, 1.165) is 17.3 Å². The van der Waals surface area contributed by atoms with Gasteiger partial charge in [0.15, 0.2) is 0 Å². The van der Waals surface area contributed by atoms with Gasteiger partial charge in [0.2, 0.25) is 10.0 Å². The predicted molar refractivity (Wildman–Crippen MR) is 151 cm³/mol. The molecule has 3 aromatic carbocycles. The Kier molecular flexibility index (Phi) is 8.97. The van der Waals surface area contributed by atoms with Gasteiger partial charge in [0.25, 0.3) is 5.24 Å². The topological polar surface area (TPSA) is 154 Å². The molecule has 0 heterocycles. The molecule has 9 nitrogen and oxygen atoms in total. The summed E-state index contributed by atoms with van der Waals surface area (Å²) in [4.78, 5) is 25.5. The summed E-state index contributed by atoms with van der Waals surface area (Å²) in [5.41, 5.74) is 1.82. The molecule has 0 radical (unpaired) electrons. The molecular weight excluding hydrogens is 524 g/mol. The van der Waals surface area contributed by atoms with E-state index in [-0.39, 0.29) is 16.0 Å². The normalized spacial score (nSPS) is 11.6. The van der Waals surface area contributed by atoms with Gasteiger partial charge in [-0.25, -0.2) is 18.4 Å². The maximum Gasteiger partial charge on any atom is 0.412 e. The molecule has 0 atom stereocenters. The molecule has 0 bridgehead atoms. The zero-order valence-corrected chi connectivity index (χ0v) is 22.9. The molecule has 0 aliphatic heterocycles. The van der Waals surface area contributed by atoms with Crippen LogP contribution in [0.25, 0.3) is 11.1 Å². The number of hydrogen-bond acceptors (Lipinski definition) is 6. The van der Waals surface area contributed by atoms with E-state index in [4.69, 9.17) is 10.5 Å². The van der Waals surface area contributed by atoms with Crippen LogP contribution in [0.1, 0.15) is 31.9 Å². The average molecular weight is 555 g/mol. The number of nitrogens with two attached hydrogens (primary N) is 1. The quantitative estimate of drug-likeness (QED) is 0.219. The Hall–Kier alpha value is -3.67. The Labute approximate surface area is 226 Å². The minimum absolute atomic E-state index is 0.0157. The number of anilines is 1. The van der Waals surface area contributed by atoms with Crippen molar-refractivity contribution in [3.63, 3.8) is 0 Å². The lowest BCUT2D eigenvalue weighted by Crippen LogP contribution is -2.49. The SMILES string of the molecule is CCSC(=O)NC(=N)c1cccc(CC(C)(C)N(C(=O)O)c2ccc(-c3ccccc3S(N)(=O)=O)cc2)c1. The maximum atomic E-state index is 12.4. The van der Waals surface area contributed by atoms with Gasteiger partial charge >= 0.3 is 6.09 Å². The van der Waals surface area contributed by atoms with Crippen molar-refractivity contribution in [2.45, 2.75) is 37.6 Å². The van der Waals surface area contributed by atoms with Crippen LogP contribution < -0.4 is 15.4 Å². The lowest BCUT2D eigenvalue weighted by Gasteiger charge is -2.37. The Balaban J connectivity index is 1.88. The van der Waals surface area contributed by atoms with Crippen LogP contribution in [0.3, 0.4) is 0 Å². The van der Waals surface area contributed by atoms with Crippen molar-refractivity contribution in [1.29, 1.82) is 5.41 Å². The fraction of sp³-hybridized carbons (Fsp3) is 0.222. The Morgan fingerprint density at radius 1 is 1.05 bits per heavy atom. The van der Waals surface area contributed by atoms with Crippen LogP contribution in [-0.4, -0.2) is 42.0 Å². The smallest absolute Gasteiger partial charge is 0.412 e. The molecule has 0 saturated heterocycles. The number of rotatable bonds is 8. The largest absolute Gasteiger partial charge is 0.465 e. The highest BCUT2D eigenvalue weighted by molar-refractivity contribution is 8.13. The van der Waals surface area contributed by atoms with Gasteiger partial charge in [-0.1, -0.05) is 67.2 Å². The molecule has 200 valence electrons. The molecule has 5 N–H and O–H groups in total. The fourth-order valence-corrected chi connectivity index (χ4v) is 5.42. The van der Waals surface area contributed by atoms with Crippen molar-refractivity contribution in [1.82, 2.24) is 5.32 Å². The van der Waals surface area contributed by atoms with Crippen LogP contribution in [0.4, 0.5) is 15.3 Å². The number of sulfonamides is 1. The van der Waals surface area contributed by atoms with Crippen LogP contribution in [0.5, 0.6) is 0 Å². The van der Waals surface area contributed by atoms with Gasteiger partial charge < -0.3 is 10.4 Å². The summed E-state index contributed by atoms with van der Waals surface area (Å²) >= 11 is 1.08. The summed E-state index contributed by atoms with van der Waals surface area (Å²) in [6, 6.07) is 20.0. The van der Waals surface area contributed by atoms with Gasteiger partial charge in [0.1, 0.15) is 5.84 Å².